The molecule has 106 valence electrons. The number of carbonyl (C=O) groups is 1. The molecule has 20 heavy (non-hydrogen) atoms. The van der Waals surface area contributed by atoms with E-state index in [0.717, 1.165) is 30.6 Å². The normalized spacial score (nSPS) is 22.1. The van der Waals surface area contributed by atoms with Crippen molar-refractivity contribution in [3.05, 3.63) is 35.4 Å². The number of amides is 1. The molecule has 0 aliphatic carbocycles. The zero-order valence-electron chi connectivity index (χ0n) is 12.2. The molecule has 1 aromatic carbocycles. The quantitative estimate of drug-likeness (QED) is 0.795. The predicted octanol–water partition coefficient (Wildman–Crippen LogP) is 2.11. The highest BCUT2D eigenvalue weighted by Crippen LogP contribution is 2.23. The Bertz CT molecular complexity index is 541. The Kier molecular flexibility index (Phi) is 4.81. The monoisotopic (exact) mass is 270 g/mol. The van der Waals surface area contributed by atoms with E-state index < -0.39 is 0 Å². The van der Waals surface area contributed by atoms with Gasteiger partial charge in [-0.05, 0) is 36.5 Å². The summed E-state index contributed by atoms with van der Waals surface area (Å²) >= 11 is 0. The van der Waals surface area contributed by atoms with E-state index in [1.807, 2.05) is 29.2 Å². The summed E-state index contributed by atoms with van der Waals surface area (Å²) in [6, 6.07) is 7.50. The van der Waals surface area contributed by atoms with Gasteiger partial charge in [-0.15, -0.1) is 0 Å². The summed E-state index contributed by atoms with van der Waals surface area (Å²) in [5.41, 5.74) is 6.94. The van der Waals surface area contributed by atoms with Gasteiger partial charge in [0.25, 0.3) is 5.91 Å². The summed E-state index contributed by atoms with van der Waals surface area (Å²) in [7, 11) is 0. The number of carbonyl (C=O) groups excluding carboxylic acids is 1. The minimum absolute atomic E-state index is 0.111. The van der Waals surface area contributed by atoms with E-state index >= 15 is 0 Å². The van der Waals surface area contributed by atoms with Crippen LogP contribution in [0.25, 0.3) is 0 Å². The molecule has 1 aliphatic rings. The molecule has 2 rings (SSSR count). The summed E-state index contributed by atoms with van der Waals surface area (Å²) in [5, 5.41) is 0. The Balaban J connectivity index is 2.13. The Morgan fingerprint density at radius 3 is 2.90 bits per heavy atom. The number of benzene rings is 1. The van der Waals surface area contributed by atoms with Gasteiger partial charge < -0.3 is 10.6 Å². The standard InChI is InChI=1S/C17H22N2O/c1-13-8-10-19(12-14(13)2)17(20)16-7-3-5-15(11-16)6-4-9-18/h3,5,7,11,13-14H,8-10,12,18H2,1-2H3. The lowest BCUT2D eigenvalue weighted by Gasteiger charge is -2.35. The number of piperidine rings is 1. The van der Waals surface area contributed by atoms with E-state index in [1.165, 1.54) is 0 Å². The predicted molar refractivity (Wildman–Crippen MR) is 81.2 cm³/mol. The number of rotatable bonds is 1. The molecule has 0 spiro atoms. The van der Waals surface area contributed by atoms with Crippen LogP contribution in [0.15, 0.2) is 24.3 Å². The molecule has 0 bridgehead atoms. The first-order valence-corrected chi connectivity index (χ1v) is 7.20. The van der Waals surface area contributed by atoms with Gasteiger partial charge in [-0.25, -0.2) is 0 Å². The third-order valence-electron chi connectivity index (χ3n) is 4.07. The lowest BCUT2D eigenvalue weighted by molar-refractivity contribution is 0.0627. The highest BCUT2D eigenvalue weighted by atomic mass is 16.2. The van der Waals surface area contributed by atoms with E-state index in [9.17, 15) is 4.79 Å². The maximum atomic E-state index is 12.5. The van der Waals surface area contributed by atoms with Crippen LogP contribution in [0, 0.1) is 23.7 Å². The summed E-state index contributed by atoms with van der Waals surface area (Å²) in [6.07, 6.45) is 1.08. The third kappa shape index (κ3) is 3.40. The van der Waals surface area contributed by atoms with E-state index in [0.29, 0.717) is 18.4 Å². The Hall–Kier alpha value is -1.79. The van der Waals surface area contributed by atoms with Gasteiger partial charge in [0.15, 0.2) is 0 Å². The van der Waals surface area contributed by atoms with Gasteiger partial charge >= 0.3 is 0 Å². The minimum Gasteiger partial charge on any atom is -0.338 e. The van der Waals surface area contributed by atoms with Crippen molar-refractivity contribution in [2.45, 2.75) is 20.3 Å². The average Bonchev–Trinajstić information content (AvgIpc) is 2.47. The first-order valence-electron chi connectivity index (χ1n) is 7.20. The van der Waals surface area contributed by atoms with Crippen molar-refractivity contribution in [1.82, 2.24) is 4.90 Å². The van der Waals surface area contributed by atoms with E-state index in [4.69, 9.17) is 5.73 Å². The molecule has 1 aromatic rings. The smallest absolute Gasteiger partial charge is 0.253 e. The fraction of sp³-hybridized carbons (Fsp3) is 0.471. The van der Waals surface area contributed by atoms with Gasteiger partial charge in [0.1, 0.15) is 0 Å². The number of hydrogen-bond acceptors (Lipinski definition) is 2. The second-order valence-electron chi connectivity index (χ2n) is 5.58. The average molecular weight is 270 g/mol. The molecular weight excluding hydrogens is 248 g/mol. The third-order valence-corrected chi connectivity index (χ3v) is 4.07. The molecule has 2 atom stereocenters. The van der Waals surface area contributed by atoms with Gasteiger partial charge in [-0.3, -0.25) is 4.79 Å². The molecule has 1 fully saturated rings. The molecule has 1 amide bonds. The zero-order chi connectivity index (χ0) is 14.5. The van der Waals surface area contributed by atoms with Crippen LogP contribution >= 0.6 is 0 Å². The highest BCUT2D eigenvalue weighted by Gasteiger charge is 2.26. The summed E-state index contributed by atoms with van der Waals surface area (Å²) in [5.74, 6) is 7.16. The summed E-state index contributed by atoms with van der Waals surface area (Å²) in [6.45, 7) is 6.50. The molecule has 0 radical (unpaired) electrons. The lowest BCUT2D eigenvalue weighted by atomic mass is 9.88. The minimum atomic E-state index is 0.111. The Morgan fingerprint density at radius 2 is 2.20 bits per heavy atom. The van der Waals surface area contributed by atoms with Crippen molar-refractivity contribution in [2.75, 3.05) is 19.6 Å². The van der Waals surface area contributed by atoms with E-state index in [-0.39, 0.29) is 5.91 Å². The van der Waals surface area contributed by atoms with Crippen molar-refractivity contribution in [3.63, 3.8) is 0 Å². The number of nitrogens with two attached hydrogens (primary N) is 1. The van der Waals surface area contributed by atoms with Crippen molar-refractivity contribution >= 4 is 5.91 Å². The number of hydrogen-bond donors (Lipinski definition) is 1. The fourth-order valence-electron chi connectivity index (χ4n) is 2.51. The Labute approximate surface area is 121 Å². The van der Waals surface area contributed by atoms with Crippen LogP contribution < -0.4 is 5.73 Å². The highest BCUT2D eigenvalue weighted by molar-refractivity contribution is 5.94. The van der Waals surface area contributed by atoms with Crippen LogP contribution in [0.4, 0.5) is 0 Å². The first-order chi connectivity index (χ1) is 9.61. The van der Waals surface area contributed by atoms with Gasteiger partial charge in [-0.2, -0.15) is 0 Å². The second kappa shape index (κ2) is 6.58. The van der Waals surface area contributed by atoms with Crippen molar-refractivity contribution in [2.24, 2.45) is 17.6 Å². The molecule has 1 heterocycles. The van der Waals surface area contributed by atoms with Crippen molar-refractivity contribution in [3.8, 4) is 11.8 Å². The maximum absolute atomic E-state index is 12.5. The molecule has 2 unspecified atom stereocenters. The van der Waals surface area contributed by atoms with Crippen LogP contribution in [0.3, 0.4) is 0 Å². The van der Waals surface area contributed by atoms with Crippen LogP contribution in [0.1, 0.15) is 36.2 Å². The molecule has 2 N–H and O–H groups in total. The molecule has 3 heteroatoms. The molecule has 1 saturated heterocycles. The van der Waals surface area contributed by atoms with Crippen molar-refractivity contribution < 1.29 is 4.79 Å². The topological polar surface area (TPSA) is 46.3 Å². The second-order valence-corrected chi connectivity index (χ2v) is 5.58. The SMILES string of the molecule is CC1CCN(C(=O)c2cccc(C#CCN)c2)CC1C. The zero-order valence-corrected chi connectivity index (χ0v) is 12.2. The largest absolute Gasteiger partial charge is 0.338 e. The first kappa shape index (κ1) is 14.6. The summed E-state index contributed by atoms with van der Waals surface area (Å²) in [4.78, 5) is 14.5. The lowest BCUT2D eigenvalue weighted by Crippen LogP contribution is -2.42. The maximum Gasteiger partial charge on any atom is 0.253 e. The van der Waals surface area contributed by atoms with Crippen LogP contribution in [-0.4, -0.2) is 30.4 Å². The van der Waals surface area contributed by atoms with E-state index in [2.05, 4.69) is 25.7 Å². The van der Waals surface area contributed by atoms with Gasteiger partial charge in [0.2, 0.25) is 0 Å². The van der Waals surface area contributed by atoms with Gasteiger partial charge in [0.05, 0.1) is 6.54 Å². The molecule has 3 nitrogen and oxygen atoms in total. The molecule has 0 aromatic heterocycles. The molecule has 1 aliphatic heterocycles. The molecule has 0 saturated carbocycles. The van der Waals surface area contributed by atoms with Crippen molar-refractivity contribution in [1.29, 1.82) is 0 Å². The van der Waals surface area contributed by atoms with Crippen LogP contribution in [0.2, 0.25) is 0 Å². The molecular formula is C17H22N2O. The number of likely N-dealkylation sites (tertiary alicyclic amines) is 1. The Morgan fingerprint density at radius 1 is 1.40 bits per heavy atom. The van der Waals surface area contributed by atoms with Gasteiger partial charge in [0, 0.05) is 24.2 Å². The van der Waals surface area contributed by atoms with Crippen LogP contribution in [-0.2, 0) is 0 Å². The van der Waals surface area contributed by atoms with Gasteiger partial charge in [-0.1, -0.05) is 31.8 Å². The number of nitrogens with zero attached hydrogens (tertiary/aromatic N) is 1. The summed E-state index contributed by atoms with van der Waals surface area (Å²) < 4.78 is 0. The van der Waals surface area contributed by atoms with E-state index in [1.54, 1.807) is 0 Å². The van der Waals surface area contributed by atoms with Crippen LogP contribution in [0.5, 0.6) is 0 Å². The fourth-order valence-corrected chi connectivity index (χ4v) is 2.51.